The van der Waals surface area contributed by atoms with Crippen LogP contribution in [0.3, 0.4) is 0 Å². The van der Waals surface area contributed by atoms with Gasteiger partial charge in [-0.1, -0.05) is 12.1 Å². The average molecular weight is 305 g/mol. The van der Waals surface area contributed by atoms with Crippen molar-refractivity contribution >= 4 is 17.0 Å². The predicted molar refractivity (Wildman–Crippen MR) is 85.2 cm³/mol. The maximum Gasteiger partial charge on any atom is 0.146 e. The highest BCUT2D eigenvalue weighted by atomic mass is 32.1. The molecule has 0 saturated heterocycles. The molecule has 3 nitrogen and oxygen atoms in total. The van der Waals surface area contributed by atoms with E-state index in [1.54, 1.807) is 17.4 Å². The molecule has 0 atom stereocenters. The molecule has 1 aliphatic rings. The zero-order valence-corrected chi connectivity index (χ0v) is 13.2. The normalized spacial score (nSPS) is 14.4. The molecule has 1 aromatic heterocycles. The molecule has 0 aliphatic heterocycles. The third kappa shape index (κ3) is 3.41. The maximum absolute atomic E-state index is 14.3. The summed E-state index contributed by atoms with van der Waals surface area (Å²) in [5.41, 5.74) is 4.58. The summed E-state index contributed by atoms with van der Waals surface area (Å²) in [6.07, 6.45) is 2.47. The first-order valence-corrected chi connectivity index (χ1v) is 8.14. The van der Waals surface area contributed by atoms with E-state index in [-0.39, 0.29) is 5.82 Å². The number of benzene rings is 1. The maximum atomic E-state index is 14.3. The average Bonchev–Trinajstić information content (AvgIpc) is 3.20. The van der Waals surface area contributed by atoms with E-state index in [0.29, 0.717) is 18.3 Å². The van der Waals surface area contributed by atoms with Crippen LogP contribution in [0.4, 0.5) is 10.1 Å². The molecule has 1 saturated carbocycles. The minimum Gasteiger partial charge on any atom is -0.367 e. The van der Waals surface area contributed by atoms with Gasteiger partial charge in [0.1, 0.15) is 5.82 Å². The van der Waals surface area contributed by atoms with Gasteiger partial charge in [0, 0.05) is 24.5 Å². The second-order valence-electron chi connectivity index (χ2n) is 5.62. The Balaban J connectivity index is 1.79. The third-order valence-electron chi connectivity index (χ3n) is 3.84. The number of nitrogens with zero attached hydrogens (tertiary/aromatic N) is 2. The van der Waals surface area contributed by atoms with Crippen LogP contribution in [-0.4, -0.2) is 18.1 Å². The Morgan fingerprint density at radius 1 is 1.43 bits per heavy atom. The summed E-state index contributed by atoms with van der Waals surface area (Å²) in [6, 6.07) is 5.94. The van der Waals surface area contributed by atoms with E-state index >= 15 is 0 Å². The Hall–Kier alpha value is -1.46. The number of anilines is 1. The van der Waals surface area contributed by atoms with Gasteiger partial charge in [0.15, 0.2) is 0 Å². The zero-order chi connectivity index (χ0) is 14.8. The molecule has 2 aromatic rings. The van der Waals surface area contributed by atoms with Gasteiger partial charge in [0.2, 0.25) is 0 Å². The molecular formula is C16H20FN3S. The van der Waals surface area contributed by atoms with Crippen LogP contribution in [0.25, 0.3) is 0 Å². The Morgan fingerprint density at radius 3 is 2.90 bits per heavy atom. The van der Waals surface area contributed by atoms with E-state index < -0.39 is 0 Å². The number of para-hydroxylation sites is 1. The number of hydrogen-bond acceptors (Lipinski definition) is 4. The van der Waals surface area contributed by atoms with Gasteiger partial charge in [-0.3, -0.25) is 0 Å². The van der Waals surface area contributed by atoms with Crippen LogP contribution in [0.1, 0.15) is 29.0 Å². The van der Waals surface area contributed by atoms with E-state index in [0.717, 1.165) is 17.8 Å². The lowest BCUT2D eigenvalue weighted by Crippen LogP contribution is -2.22. The lowest BCUT2D eigenvalue weighted by molar-refractivity contribution is 0.613. The van der Waals surface area contributed by atoms with E-state index in [2.05, 4.69) is 10.3 Å². The van der Waals surface area contributed by atoms with Crippen molar-refractivity contribution in [2.75, 3.05) is 11.9 Å². The van der Waals surface area contributed by atoms with Gasteiger partial charge in [-0.05, 0) is 31.4 Å². The topological polar surface area (TPSA) is 28.2 Å². The fraction of sp³-hybridized carbons (Fsp3) is 0.438. The summed E-state index contributed by atoms with van der Waals surface area (Å²) in [5.74, 6) is -0.158. The summed E-state index contributed by atoms with van der Waals surface area (Å²) >= 11 is 1.62. The van der Waals surface area contributed by atoms with Crippen LogP contribution in [-0.2, 0) is 13.1 Å². The summed E-state index contributed by atoms with van der Waals surface area (Å²) < 4.78 is 14.3. The molecule has 3 rings (SSSR count). The molecule has 0 radical (unpaired) electrons. The van der Waals surface area contributed by atoms with Crippen LogP contribution >= 0.6 is 11.3 Å². The second kappa shape index (κ2) is 6.12. The molecule has 21 heavy (non-hydrogen) atoms. The van der Waals surface area contributed by atoms with Gasteiger partial charge in [0.25, 0.3) is 0 Å². The molecule has 112 valence electrons. The first-order chi connectivity index (χ1) is 10.1. The van der Waals surface area contributed by atoms with Crippen LogP contribution in [0.2, 0.25) is 0 Å². The molecule has 1 aromatic carbocycles. The first-order valence-electron chi connectivity index (χ1n) is 7.26. The largest absolute Gasteiger partial charge is 0.367 e. The van der Waals surface area contributed by atoms with Gasteiger partial charge >= 0.3 is 0 Å². The number of aryl methyl sites for hydroxylation is 1. The fourth-order valence-electron chi connectivity index (χ4n) is 2.44. The van der Waals surface area contributed by atoms with Crippen LogP contribution in [0.5, 0.6) is 0 Å². The molecule has 0 bridgehead atoms. The van der Waals surface area contributed by atoms with E-state index in [9.17, 15) is 4.39 Å². The van der Waals surface area contributed by atoms with Crippen molar-refractivity contribution < 1.29 is 4.39 Å². The van der Waals surface area contributed by atoms with Gasteiger partial charge in [0.05, 0.1) is 23.4 Å². The lowest BCUT2D eigenvalue weighted by atomic mass is 10.1. The van der Waals surface area contributed by atoms with Gasteiger partial charge in [-0.25, -0.2) is 9.37 Å². The van der Waals surface area contributed by atoms with Crippen molar-refractivity contribution in [3.8, 4) is 0 Å². The van der Waals surface area contributed by atoms with Crippen molar-refractivity contribution in [1.82, 2.24) is 10.3 Å². The molecule has 0 amide bonds. The summed E-state index contributed by atoms with van der Waals surface area (Å²) in [4.78, 5) is 7.43. The fourth-order valence-corrected chi connectivity index (χ4v) is 3.27. The Kier molecular flexibility index (Phi) is 4.22. The molecule has 0 unspecified atom stereocenters. The lowest BCUT2D eigenvalue weighted by Gasteiger charge is -2.23. The second-order valence-corrected chi connectivity index (χ2v) is 6.56. The molecule has 1 aliphatic carbocycles. The highest BCUT2D eigenvalue weighted by Crippen LogP contribution is 2.27. The summed E-state index contributed by atoms with van der Waals surface area (Å²) in [6.45, 7) is 3.41. The zero-order valence-electron chi connectivity index (χ0n) is 12.4. The number of nitrogens with one attached hydrogen (secondary N) is 1. The monoisotopic (exact) mass is 305 g/mol. The van der Waals surface area contributed by atoms with Crippen molar-refractivity contribution in [1.29, 1.82) is 0 Å². The molecule has 1 N–H and O–H groups in total. The predicted octanol–water partition coefficient (Wildman–Crippen LogP) is 3.48. The first kappa shape index (κ1) is 14.5. The van der Waals surface area contributed by atoms with Crippen molar-refractivity contribution in [2.45, 2.75) is 38.9 Å². The van der Waals surface area contributed by atoms with Crippen LogP contribution in [0.15, 0.2) is 23.7 Å². The molecule has 1 fully saturated rings. The van der Waals surface area contributed by atoms with E-state index in [4.69, 9.17) is 0 Å². The Labute approximate surface area is 128 Å². The number of halogens is 1. The SMILES string of the molecule is Cc1ncsc1CN(C)c1c(F)cccc1CNC1CC1. The number of aromatic nitrogens is 1. The minimum atomic E-state index is -0.158. The third-order valence-corrected chi connectivity index (χ3v) is 4.76. The quantitative estimate of drug-likeness (QED) is 0.885. The number of hydrogen-bond donors (Lipinski definition) is 1. The van der Waals surface area contributed by atoms with Crippen molar-refractivity contribution in [3.63, 3.8) is 0 Å². The highest BCUT2D eigenvalue weighted by Gasteiger charge is 2.21. The Bertz CT molecular complexity index is 622. The molecule has 1 heterocycles. The molecule has 0 spiro atoms. The number of thiazole rings is 1. The van der Waals surface area contributed by atoms with Crippen molar-refractivity contribution in [2.24, 2.45) is 0 Å². The Morgan fingerprint density at radius 2 is 2.24 bits per heavy atom. The molecule has 5 heteroatoms. The minimum absolute atomic E-state index is 0.158. The van der Waals surface area contributed by atoms with Crippen LogP contribution < -0.4 is 10.2 Å². The highest BCUT2D eigenvalue weighted by molar-refractivity contribution is 7.09. The van der Waals surface area contributed by atoms with Crippen LogP contribution in [0, 0.1) is 12.7 Å². The van der Waals surface area contributed by atoms with Gasteiger partial charge in [-0.2, -0.15) is 0 Å². The summed E-state index contributed by atoms with van der Waals surface area (Å²) in [5, 5.41) is 3.46. The smallest absolute Gasteiger partial charge is 0.146 e. The summed E-state index contributed by atoms with van der Waals surface area (Å²) in [7, 11) is 1.94. The standard InChI is InChI=1S/C16H20FN3S/c1-11-15(21-10-19-11)9-20(2)16-12(4-3-5-14(16)17)8-18-13-6-7-13/h3-5,10,13,18H,6-9H2,1-2H3. The van der Waals surface area contributed by atoms with E-state index in [1.165, 1.54) is 23.8 Å². The number of rotatable bonds is 6. The van der Waals surface area contributed by atoms with Crippen molar-refractivity contribution in [3.05, 3.63) is 45.7 Å². The van der Waals surface area contributed by atoms with Gasteiger partial charge < -0.3 is 10.2 Å². The van der Waals surface area contributed by atoms with Gasteiger partial charge in [-0.15, -0.1) is 11.3 Å². The molecular weight excluding hydrogens is 285 g/mol. The van der Waals surface area contributed by atoms with E-state index in [1.807, 2.05) is 30.4 Å².